The zero-order valence-corrected chi connectivity index (χ0v) is 11.8. The molecule has 0 amide bonds. The zero-order chi connectivity index (χ0) is 13.1. The molecular weight excluding hydrogens is 252 g/mol. The smallest absolute Gasteiger partial charge is 0.0347 e. The summed E-state index contributed by atoms with van der Waals surface area (Å²) in [5.41, 5.74) is 6.12. The van der Waals surface area contributed by atoms with Crippen molar-refractivity contribution in [2.45, 2.75) is 37.1 Å². The lowest BCUT2D eigenvalue weighted by atomic mass is 9.59. The molecule has 0 spiro atoms. The third kappa shape index (κ3) is 2.34. The average molecular weight is 272 g/mol. The summed E-state index contributed by atoms with van der Waals surface area (Å²) in [7, 11) is 0. The molecule has 0 saturated heterocycles. The van der Waals surface area contributed by atoms with E-state index in [1.807, 2.05) is 0 Å². The van der Waals surface area contributed by atoms with Gasteiger partial charge in [0.15, 0.2) is 0 Å². The first-order valence-corrected chi connectivity index (χ1v) is 7.82. The van der Waals surface area contributed by atoms with E-state index in [0.717, 1.165) is 6.42 Å². The second-order valence-corrected chi connectivity index (χ2v) is 6.21. The van der Waals surface area contributed by atoms with Gasteiger partial charge in [-0.05, 0) is 47.2 Å². The first-order valence-electron chi connectivity index (χ1n) is 6.88. The van der Waals surface area contributed by atoms with Crippen molar-refractivity contribution in [1.29, 1.82) is 0 Å². The van der Waals surface area contributed by atoms with Crippen LogP contribution in [0.5, 0.6) is 0 Å². The minimum Gasteiger partial charge on any atom is -0.271 e. The van der Waals surface area contributed by atoms with Gasteiger partial charge in [0.25, 0.3) is 0 Å². The Hall–Kier alpha value is -1.16. The SMILES string of the molecule is NNC(Cc1ccsc1)C1(c2ccccc2)CCC1. The van der Waals surface area contributed by atoms with Crippen molar-refractivity contribution < 1.29 is 0 Å². The van der Waals surface area contributed by atoms with Gasteiger partial charge in [0.2, 0.25) is 0 Å². The summed E-state index contributed by atoms with van der Waals surface area (Å²) in [5.74, 6) is 5.88. The van der Waals surface area contributed by atoms with E-state index >= 15 is 0 Å². The van der Waals surface area contributed by atoms with Crippen molar-refractivity contribution in [1.82, 2.24) is 5.43 Å². The van der Waals surface area contributed by atoms with Crippen LogP contribution >= 0.6 is 11.3 Å². The van der Waals surface area contributed by atoms with E-state index in [2.05, 4.69) is 52.6 Å². The Labute approximate surface area is 118 Å². The van der Waals surface area contributed by atoms with E-state index in [1.165, 1.54) is 30.4 Å². The summed E-state index contributed by atoms with van der Waals surface area (Å²) in [6.07, 6.45) is 4.78. The molecule has 1 heterocycles. The average Bonchev–Trinajstić information content (AvgIpc) is 2.90. The van der Waals surface area contributed by atoms with Crippen LogP contribution in [-0.4, -0.2) is 6.04 Å². The van der Waals surface area contributed by atoms with Gasteiger partial charge in [-0.1, -0.05) is 36.8 Å². The first-order chi connectivity index (χ1) is 9.35. The van der Waals surface area contributed by atoms with Crippen LogP contribution in [0.2, 0.25) is 0 Å². The number of rotatable bonds is 5. The molecular formula is C16H20N2S. The lowest BCUT2D eigenvalue weighted by Gasteiger charge is -2.48. The van der Waals surface area contributed by atoms with E-state index in [-0.39, 0.29) is 5.41 Å². The van der Waals surface area contributed by atoms with E-state index in [1.54, 1.807) is 11.3 Å². The lowest BCUT2D eigenvalue weighted by molar-refractivity contribution is 0.168. The molecule has 1 aliphatic rings. The van der Waals surface area contributed by atoms with E-state index in [4.69, 9.17) is 5.84 Å². The Bertz CT molecular complexity index is 503. The van der Waals surface area contributed by atoms with E-state index in [9.17, 15) is 0 Å². The molecule has 19 heavy (non-hydrogen) atoms. The van der Waals surface area contributed by atoms with Crippen LogP contribution in [0.3, 0.4) is 0 Å². The van der Waals surface area contributed by atoms with Crippen molar-refractivity contribution in [3.05, 3.63) is 58.3 Å². The van der Waals surface area contributed by atoms with Gasteiger partial charge in [0, 0.05) is 11.5 Å². The van der Waals surface area contributed by atoms with Gasteiger partial charge in [-0.2, -0.15) is 11.3 Å². The highest BCUT2D eigenvalue weighted by Gasteiger charge is 2.44. The fourth-order valence-electron chi connectivity index (χ4n) is 3.22. The summed E-state index contributed by atoms with van der Waals surface area (Å²) < 4.78 is 0. The second-order valence-electron chi connectivity index (χ2n) is 5.43. The largest absolute Gasteiger partial charge is 0.271 e. The van der Waals surface area contributed by atoms with Gasteiger partial charge in [-0.15, -0.1) is 0 Å². The molecule has 3 rings (SSSR count). The number of hydrogen-bond donors (Lipinski definition) is 2. The second kappa shape index (κ2) is 5.45. The highest BCUT2D eigenvalue weighted by Crippen LogP contribution is 2.47. The molecule has 0 bridgehead atoms. The summed E-state index contributed by atoms with van der Waals surface area (Å²) in [6, 6.07) is 13.4. The van der Waals surface area contributed by atoms with Crippen molar-refractivity contribution in [3.63, 3.8) is 0 Å². The number of nitrogens with one attached hydrogen (secondary N) is 1. The number of nitrogens with two attached hydrogens (primary N) is 1. The van der Waals surface area contributed by atoms with E-state index < -0.39 is 0 Å². The third-order valence-electron chi connectivity index (χ3n) is 4.48. The van der Waals surface area contributed by atoms with Crippen molar-refractivity contribution in [2.24, 2.45) is 5.84 Å². The topological polar surface area (TPSA) is 38.0 Å². The molecule has 100 valence electrons. The molecule has 1 unspecified atom stereocenters. The summed E-state index contributed by atoms with van der Waals surface area (Å²) in [4.78, 5) is 0. The predicted octanol–water partition coefficient (Wildman–Crippen LogP) is 3.24. The molecule has 0 aliphatic heterocycles. The molecule has 2 nitrogen and oxygen atoms in total. The lowest BCUT2D eigenvalue weighted by Crippen LogP contribution is -2.56. The zero-order valence-electron chi connectivity index (χ0n) is 11.0. The molecule has 1 aliphatic carbocycles. The highest BCUT2D eigenvalue weighted by molar-refractivity contribution is 7.07. The Kier molecular flexibility index (Phi) is 3.69. The van der Waals surface area contributed by atoms with Gasteiger partial charge < -0.3 is 0 Å². The molecule has 1 atom stereocenters. The number of benzene rings is 1. The monoisotopic (exact) mass is 272 g/mol. The summed E-state index contributed by atoms with van der Waals surface area (Å²) in [5, 5.41) is 4.36. The Morgan fingerprint density at radius 3 is 2.53 bits per heavy atom. The van der Waals surface area contributed by atoms with Crippen LogP contribution in [0.1, 0.15) is 30.4 Å². The van der Waals surface area contributed by atoms with Gasteiger partial charge in [0.05, 0.1) is 0 Å². The van der Waals surface area contributed by atoms with Crippen molar-refractivity contribution in [2.75, 3.05) is 0 Å². The summed E-state index contributed by atoms with van der Waals surface area (Å²) in [6.45, 7) is 0. The fourth-order valence-corrected chi connectivity index (χ4v) is 3.91. The third-order valence-corrected chi connectivity index (χ3v) is 5.21. The van der Waals surface area contributed by atoms with Gasteiger partial charge in [-0.3, -0.25) is 11.3 Å². The Morgan fingerprint density at radius 1 is 1.21 bits per heavy atom. The molecule has 0 radical (unpaired) electrons. The van der Waals surface area contributed by atoms with Crippen molar-refractivity contribution in [3.8, 4) is 0 Å². The van der Waals surface area contributed by atoms with Gasteiger partial charge >= 0.3 is 0 Å². The highest BCUT2D eigenvalue weighted by atomic mass is 32.1. The Morgan fingerprint density at radius 2 is 2.00 bits per heavy atom. The van der Waals surface area contributed by atoms with E-state index in [0.29, 0.717) is 6.04 Å². The minimum absolute atomic E-state index is 0.220. The number of thiophene rings is 1. The van der Waals surface area contributed by atoms with Crippen LogP contribution in [0, 0.1) is 0 Å². The van der Waals surface area contributed by atoms with Crippen LogP contribution in [0.4, 0.5) is 0 Å². The van der Waals surface area contributed by atoms with Crippen LogP contribution in [-0.2, 0) is 11.8 Å². The van der Waals surface area contributed by atoms with Gasteiger partial charge in [0.1, 0.15) is 0 Å². The number of hydrazine groups is 1. The summed E-state index contributed by atoms with van der Waals surface area (Å²) >= 11 is 1.76. The molecule has 2 aromatic rings. The predicted molar refractivity (Wildman–Crippen MR) is 81.1 cm³/mol. The molecule has 3 N–H and O–H groups in total. The van der Waals surface area contributed by atoms with Crippen molar-refractivity contribution >= 4 is 11.3 Å². The Balaban J connectivity index is 1.87. The molecule has 1 saturated carbocycles. The maximum atomic E-state index is 5.88. The minimum atomic E-state index is 0.220. The molecule has 1 aromatic heterocycles. The normalized spacial score (nSPS) is 18.8. The van der Waals surface area contributed by atoms with Crippen LogP contribution in [0.25, 0.3) is 0 Å². The first kappa shape index (κ1) is 12.9. The standard InChI is InChI=1S/C16H20N2S/c17-18-15(11-13-7-10-19-12-13)16(8-4-9-16)14-5-2-1-3-6-14/h1-3,5-7,10,12,15,18H,4,8-9,11,17H2. The molecule has 1 fully saturated rings. The maximum absolute atomic E-state index is 5.88. The number of hydrogen-bond acceptors (Lipinski definition) is 3. The molecule has 3 heteroatoms. The van der Waals surface area contributed by atoms with Crippen LogP contribution in [0.15, 0.2) is 47.2 Å². The fraction of sp³-hybridized carbons (Fsp3) is 0.375. The maximum Gasteiger partial charge on any atom is 0.0347 e. The van der Waals surface area contributed by atoms with Crippen LogP contribution < -0.4 is 11.3 Å². The van der Waals surface area contributed by atoms with Gasteiger partial charge in [-0.25, -0.2) is 0 Å². The quantitative estimate of drug-likeness (QED) is 0.648. The molecule has 1 aromatic carbocycles.